The molecule has 1 atom stereocenters. The zero-order valence-corrected chi connectivity index (χ0v) is 12.3. The minimum Gasteiger partial charge on any atom is -0.459 e. The summed E-state index contributed by atoms with van der Waals surface area (Å²) in [6, 6.07) is 7.92. The second-order valence-corrected chi connectivity index (χ2v) is 6.26. The Morgan fingerprint density at radius 1 is 1.29 bits per heavy atom. The molecule has 0 amide bonds. The third-order valence-electron chi connectivity index (χ3n) is 3.75. The quantitative estimate of drug-likeness (QED) is 0.739. The summed E-state index contributed by atoms with van der Waals surface area (Å²) < 4.78 is 11.0. The van der Waals surface area contributed by atoms with E-state index in [1.54, 1.807) is 17.6 Å². The lowest BCUT2D eigenvalue weighted by atomic mass is 10.1. The van der Waals surface area contributed by atoms with E-state index in [0.717, 1.165) is 31.9 Å². The topological polar surface area (TPSA) is 55.3 Å². The summed E-state index contributed by atoms with van der Waals surface area (Å²) in [5, 5.41) is 10.4. The van der Waals surface area contributed by atoms with Crippen LogP contribution in [0.25, 0.3) is 11.7 Å². The SMILES string of the molecule is c1coc(-c2nnc([C@H]3CCN(Cc4cccs4)C3)o2)c1. The summed E-state index contributed by atoms with van der Waals surface area (Å²) in [5.74, 6) is 2.13. The maximum atomic E-state index is 5.76. The van der Waals surface area contributed by atoms with Crippen LogP contribution in [-0.4, -0.2) is 28.2 Å². The van der Waals surface area contributed by atoms with E-state index in [9.17, 15) is 0 Å². The minimum atomic E-state index is 0.321. The third-order valence-corrected chi connectivity index (χ3v) is 4.61. The van der Waals surface area contributed by atoms with Gasteiger partial charge in [-0.05, 0) is 36.5 Å². The number of rotatable bonds is 4. The average molecular weight is 301 g/mol. The van der Waals surface area contributed by atoms with E-state index in [1.807, 2.05) is 12.1 Å². The first-order valence-corrected chi connectivity index (χ1v) is 7.88. The molecule has 4 rings (SSSR count). The molecule has 0 aromatic carbocycles. The first-order valence-electron chi connectivity index (χ1n) is 7.00. The molecule has 4 heterocycles. The van der Waals surface area contributed by atoms with E-state index in [-0.39, 0.29) is 0 Å². The van der Waals surface area contributed by atoms with Gasteiger partial charge in [0.25, 0.3) is 5.89 Å². The summed E-state index contributed by atoms with van der Waals surface area (Å²) in [6.07, 6.45) is 2.67. The zero-order chi connectivity index (χ0) is 14.1. The summed E-state index contributed by atoms with van der Waals surface area (Å²) in [6.45, 7) is 3.05. The van der Waals surface area contributed by atoms with Crippen LogP contribution >= 0.6 is 11.3 Å². The van der Waals surface area contributed by atoms with Gasteiger partial charge in [0.05, 0.1) is 12.2 Å². The van der Waals surface area contributed by atoms with Gasteiger partial charge in [-0.1, -0.05) is 6.07 Å². The van der Waals surface area contributed by atoms with Gasteiger partial charge in [-0.2, -0.15) is 0 Å². The van der Waals surface area contributed by atoms with Gasteiger partial charge in [0, 0.05) is 18.0 Å². The molecule has 6 heteroatoms. The molecular weight excluding hydrogens is 286 g/mol. The lowest BCUT2D eigenvalue weighted by Gasteiger charge is -2.13. The van der Waals surface area contributed by atoms with Crippen molar-refractivity contribution in [2.24, 2.45) is 0 Å². The Labute approximate surface area is 126 Å². The maximum Gasteiger partial charge on any atom is 0.283 e. The average Bonchev–Trinajstić information content (AvgIpc) is 3.28. The number of nitrogens with zero attached hydrogens (tertiary/aromatic N) is 3. The van der Waals surface area contributed by atoms with E-state index in [4.69, 9.17) is 8.83 Å². The number of aromatic nitrogens is 2. The largest absolute Gasteiger partial charge is 0.459 e. The highest BCUT2D eigenvalue weighted by Gasteiger charge is 2.28. The van der Waals surface area contributed by atoms with Crippen molar-refractivity contribution in [3.8, 4) is 11.7 Å². The van der Waals surface area contributed by atoms with E-state index in [1.165, 1.54) is 4.88 Å². The minimum absolute atomic E-state index is 0.321. The Morgan fingerprint density at radius 3 is 3.10 bits per heavy atom. The summed E-state index contributed by atoms with van der Waals surface area (Å²) in [5.41, 5.74) is 0. The van der Waals surface area contributed by atoms with Crippen molar-refractivity contribution in [3.63, 3.8) is 0 Å². The van der Waals surface area contributed by atoms with Gasteiger partial charge < -0.3 is 8.83 Å². The van der Waals surface area contributed by atoms with Crippen molar-refractivity contribution in [2.75, 3.05) is 13.1 Å². The first kappa shape index (κ1) is 12.8. The van der Waals surface area contributed by atoms with Gasteiger partial charge in [0.15, 0.2) is 5.76 Å². The van der Waals surface area contributed by atoms with Crippen LogP contribution in [0.5, 0.6) is 0 Å². The highest BCUT2D eigenvalue weighted by atomic mass is 32.1. The van der Waals surface area contributed by atoms with Crippen LogP contribution in [0.1, 0.15) is 23.1 Å². The van der Waals surface area contributed by atoms with Crippen LogP contribution in [0, 0.1) is 0 Å². The van der Waals surface area contributed by atoms with Crippen molar-refractivity contribution < 1.29 is 8.83 Å². The second kappa shape index (κ2) is 5.46. The van der Waals surface area contributed by atoms with Crippen LogP contribution in [0.4, 0.5) is 0 Å². The van der Waals surface area contributed by atoms with Gasteiger partial charge in [-0.25, -0.2) is 0 Å². The molecule has 1 aliphatic heterocycles. The highest BCUT2D eigenvalue weighted by Crippen LogP contribution is 2.29. The van der Waals surface area contributed by atoms with Gasteiger partial charge >= 0.3 is 0 Å². The molecular formula is C15H15N3O2S. The molecule has 1 fully saturated rings. The predicted molar refractivity (Wildman–Crippen MR) is 79.0 cm³/mol. The van der Waals surface area contributed by atoms with Crippen LogP contribution in [-0.2, 0) is 6.54 Å². The lowest BCUT2D eigenvalue weighted by molar-refractivity contribution is 0.322. The fourth-order valence-electron chi connectivity index (χ4n) is 2.70. The number of hydrogen-bond donors (Lipinski definition) is 0. The van der Waals surface area contributed by atoms with Crippen molar-refractivity contribution in [3.05, 3.63) is 46.7 Å². The third kappa shape index (κ3) is 2.64. The van der Waals surface area contributed by atoms with Crippen LogP contribution in [0.3, 0.4) is 0 Å². The van der Waals surface area contributed by atoms with E-state index >= 15 is 0 Å². The fraction of sp³-hybridized carbons (Fsp3) is 0.333. The van der Waals surface area contributed by atoms with Crippen LogP contribution < -0.4 is 0 Å². The number of furan rings is 1. The van der Waals surface area contributed by atoms with Crippen molar-refractivity contribution in [1.82, 2.24) is 15.1 Å². The molecule has 0 saturated carbocycles. The number of likely N-dealkylation sites (tertiary alicyclic amines) is 1. The van der Waals surface area contributed by atoms with E-state index in [0.29, 0.717) is 17.6 Å². The smallest absolute Gasteiger partial charge is 0.283 e. The Bertz CT molecular complexity index is 690. The van der Waals surface area contributed by atoms with Gasteiger partial charge in [-0.3, -0.25) is 4.90 Å². The monoisotopic (exact) mass is 301 g/mol. The molecule has 3 aromatic rings. The van der Waals surface area contributed by atoms with Gasteiger partial charge in [0.2, 0.25) is 5.89 Å². The Kier molecular flexibility index (Phi) is 3.33. The number of hydrogen-bond acceptors (Lipinski definition) is 6. The molecule has 108 valence electrons. The molecule has 0 radical (unpaired) electrons. The summed E-state index contributed by atoms with van der Waals surface area (Å²) in [4.78, 5) is 3.84. The van der Waals surface area contributed by atoms with Crippen LogP contribution in [0.15, 0.2) is 44.7 Å². The lowest BCUT2D eigenvalue weighted by Crippen LogP contribution is -2.19. The Balaban J connectivity index is 1.43. The second-order valence-electron chi connectivity index (χ2n) is 5.22. The molecule has 0 unspecified atom stereocenters. The summed E-state index contributed by atoms with van der Waals surface area (Å²) >= 11 is 1.80. The molecule has 0 N–H and O–H groups in total. The number of thiophene rings is 1. The molecule has 0 spiro atoms. The predicted octanol–water partition coefficient (Wildman–Crippen LogP) is 3.38. The van der Waals surface area contributed by atoms with Crippen LogP contribution in [0.2, 0.25) is 0 Å². The maximum absolute atomic E-state index is 5.76. The van der Waals surface area contributed by atoms with E-state index < -0.39 is 0 Å². The van der Waals surface area contributed by atoms with Gasteiger partial charge in [-0.15, -0.1) is 21.5 Å². The molecule has 21 heavy (non-hydrogen) atoms. The highest BCUT2D eigenvalue weighted by molar-refractivity contribution is 7.09. The molecule has 1 aliphatic rings. The normalized spacial score (nSPS) is 19.3. The zero-order valence-electron chi connectivity index (χ0n) is 11.4. The summed E-state index contributed by atoms with van der Waals surface area (Å²) in [7, 11) is 0. The van der Waals surface area contributed by atoms with Crippen molar-refractivity contribution >= 4 is 11.3 Å². The molecule has 1 saturated heterocycles. The molecule has 0 bridgehead atoms. The molecule has 3 aromatic heterocycles. The van der Waals surface area contributed by atoms with Gasteiger partial charge in [0.1, 0.15) is 0 Å². The standard InChI is InChI=1S/C15H15N3O2S/c1-4-13(19-7-1)15-17-16-14(20-15)11-5-6-18(9-11)10-12-3-2-8-21-12/h1-4,7-8,11H,5-6,9-10H2/t11-/m0/s1. The Hall–Kier alpha value is -1.92. The Morgan fingerprint density at radius 2 is 2.29 bits per heavy atom. The fourth-order valence-corrected chi connectivity index (χ4v) is 3.45. The molecule has 0 aliphatic carbocycles. The van der Waals surface area contributed by atoms with Crippen molar-refractivity contribution in [2.45, 2.75) is 18.9 Å². The molecule has 5 nitrogen and oxygen atoms in total. The van der Waals surface area contributed by atoms with E-state index in [2.05, 4.69) is 32.6 Å². The van der Waals surface area contributed by atoms with Crippen molar-refractivity contribution in [1.29, 1.82) is 0 Å². The first-order chi connectivity index (χ1) is 10.4.